The molecule has 4 nitrogen and oxygen atoms in total. The van der Waals surface area contributed by atoms with Gasteiger partial charge in [0, 0.05) is 4.47 Å². The molecule has 0 heterocycles. The van der Waals surface area contributed by atoms with Crippen molar-refractivity contribution in [3.63, 3.8) is 0 Å². The van der Waals surface area contributed by atoms with E-state index >= 15 is 0 Å². The summed E-state index contributed by atoms with van der Waals surface area (Å²) in [6, 6.07) is 6.57. The first-order valence-corrected chi connectivity index (χ1v) is 6.56. The summed E-state index contributed by atoms with van der Waals surface area (Å²) in [5, 5.41) is 9.51. The average molecular weight is 327 g/mol. The van der Waals surface area contributed by atoms with E-state index in [-0.39, 0.29) is 13.0 Å². The molecule has 102 valence electrons. The van der Waals surface area contributed by atoms with Gasteiger partial charge in [0.1, 0.15) is 0 Å². The number of ether oxygens (including phenoxy) is 1. The number of hydrogen-bond acceptors (Lipinski definition) is 3. The van der Waals surface area contributed by atoms with Gasteiger partial charge in [0.15, 0.2) is 5.41 Å². The van der Waals surface area contributed by atoms with E-state index in [1.54, 1.807) is 31.2 Å². The summed E-state index contributed by atoms with van der Waals surface area (Å²) < 4.78 is 5.73. The lowest BCUT2D eigenvalue weighted by Gasteiger charge is -2.26. The zero-order valence-electron chi connectivity index (χ0n) is 10.6. The zero-order valence-corrected chi connectivity index (χ0v) is 12.1. The monoisotopic (exact) mass is 326 g/mol. The molecule has 1 atom stereocenters. The SMILES string of the molecule is C=CCC(C(=O)O)(C(=O)OCC)c1ccc(Br)cc1. The number of benzene rings is 1. The predicted molar refractivity (Wildman–Crippen MR) is 74.9 cm³/mol. The highest BCUT2D eigenvalue weighted by Gasteiger charge is 2.48. The van der Waals surface area contributed by atoms with E-state index in [0.29, 0.717) is 5.56 Å². The van der Waals surface area contributed by atoms with E-state index in [1.165, 1.54) is 6.08 Å². The van der Waals surface area contributed by atoms with Crippen LogP contribution in [0.5, 0.6) is 0 Å². The molecule has 0 spiro atoms. The summed E-state index contributed by atoms with van der Waals surface area (Å²) in [4.78, 5) is 23.8. The summed E-state index contributed by atoms with van der Waals surface area (Å²) in [7, 11) is 0. The van der Waals surface area contributed by atoms with Gasteiger partial charge in [0.25, 0.3) is 0 Å². The topological polar surface area (TPSA) is 63.6 Å². The third-order valence-electron chi connectivity index (χ3n) is 2.78. The highest BCUT2D eigenvalue weighted by molar-refractivity contribution is 9.10. The van der Waals surface area contributed by atoms with Crippen LogP contribution in [0.2, 0.25) is 0 Å². The number of esters is 1. The molecule has 1 N–H and O–H groups in total. The molecular weight excluding hydrogens is 312 g/mol. The second-order valence-electron chi connectivity index (χ2n) is 3.93. The Morgan fingerprint density at radius 2 is 2.00 bits per heavy atom. The molecule has 0 aliphatic heterocycles. The minimum absolute atomic E-state index is 0.0250. The normalized spacial score (nSPS) is 13.4. The van der Waals surface area contributed by atoms with Crippen LogP contribution in [-0.4, -0.2) is 23.7 Å². The van der Waals surface area contributed by atoms with E-state index in [2.05, 4.69) is 22.5 Å². The number of carboxylic acid groups (broad SMARTS) is 1. The molecule has 1 aromatic rings. The lowest BCUT2D eigenvalue weighted by molar-refractivity contribution is -0.161. The van der Waals surface area contributed by atoms with Crippen LogP contribution < -0.4 is 0 Å². The quantitative estimate of drug-likeness (QED) is 0.496. The van der Waals surface area contributed by atoms with Crippen molar-refractivity contribution < 1.29 is 19.4 Å². The molecule has 0 saturated carbocycles. The van der Waals surface area contributed by atoms with E-state index in [1.807, 2.05) is 0 Å². The molecule has 0 radical (unpaired) electrons. The van der Waals surface area contributed by atoms with Crippen molar-refractivity contribution >= 4 is 27.9 Å². The Kier molecular flexibility index (Phi) is 5.30. The fraction of sp³-hybridized carbons (Fsp3) is 0.286. The van der Waals surface area contributed by atoms with Gasteiger partial charge >= 0.3 is 11.9 Å². The molecular formula is C14H15BrO4. The molecule has 5 heteroatoms. The third-order valence-corrected chi connectivity index (χ3v) is 3.31. The Morgan fingerprint density at radius 1 is 1.42 bits per heavy atom. The highest BCUT2D eigenvalue weighted by Crippen LogP contribution is 2.31. The molecule has 0 aromatic heterocycles. The Bertz CT molecular complexity index is 481. The van der Waals surface area contributed by atoms with Gasteiger partial charge in [-0.1, -0.05) is 34.1 Å². The van der Waals surface area contributed by atoms with Crippen molar-refractivity contribution in [1.82, 2.24) is 0 Å². The molecule has 0 aliphatic carbocycles. The molecule has 0 bridgehead atoms. The first kappa shape index (κ1) is 15.4. The van der Waals surface area contributed by atoms with Gasteiger partial charge in [0.05, 0.1) is 6.61 Å². The van der Waals surface area contributed by atoms with E-state index in [9.17, 15) is 14.7 Å². The standard InChI is InChI=1S/C14H15BrO4/c1-3-9-14(12(16)17,13(18)19-4-2)10-5-7-11(15)8-6-10/h3,5-8H,1,4,9H2,2H3,(H,16,17). The molecule has 0 saturated heterocycles. The summed E-state index contributed by atoms with van der Waals surface area (Å²) in [6.07, 6.45) is 1.38. The van der Waals surface area contributed by atoms with Crippen LogP contribution in [0.15, 0.2) is 41.4 Å². The number of rotatable bonds is 6. The van der Waals surface area contributed by atoms with Crippen molar-refractivity contribution in [3.8, 4) is 0 Å². The van der Waals surface area contributed by atoms with Gasteiger partial charge in [-0.15, -0.1) is 6.58 Å². The maximum Gasteiger partial charge on any atom is 0.328 e. The average Bonchev–Trinajstić information content (AvgIpc) is 2.37. The van der Waals surface area contributed by atoms with Crippen molar-refractivity contribution in [3.05, 3.63) is 47.0 Å². The maximum atomic E-state index is 12.1. The lowest BCUT2D eigenvalue weighted by atomic mass is 9.77. The van der Waals surface area contributed by atoms with Crippen LogP contribution in [0.3, 0.4) is 0 Å². The number of aliphatic carboxylic acids is 1. The minimum Gasteiger partial charge on any atom is -0.480 e. The van der Waals surface area contributed by atoms with Gasteiger partial charge in [-0.05, 0) is 31.0 Å². The fourth-order valence-corrected chi connectivity index (χ4v) is 2.09. The molecule has 0 aliphatic rings. The summed E-state index contributed by atoms with van der Waals surface area (Å²) in [6.45, 7) is 5.30. The van der Waals surface area contributed by atoms with Crippen molar-refractivity contribution in [2.45, 2.75) is 18.8 Å². The molecule has 19 heavy (non-hydrogen) atoms. The third kappa shape index (κ3) is 3.04. The van der Waals surface area contributed by atoms with Gasteiger partial charge in [-0.3, -0.25) is 9.59 Å². The van der Waals surface area contributed by atoms with Crippen LogP contribution in [0, 0.1) is 0 Å². The summed E-state index contributed by atoms with van der Waals surface area (Å²) >= 11 is 3.27. The van der Waals surface area contributed by atoms with Crippen molar-refractivity contribution in [2.75, 3.05) is 6.61 Å². The van der Waals surface area contributed by atoms with Crippen LogP contribution in [0.25, 0.3) is 0 Å². The molecule has 0 amide bonds. The number of halogens is 1. The summed E-state index contributed by atoms with van der Waals surface area (Å²) in [5.74, 6) is -2.02. The largest absolute Gasteiger partial charge is 0.480 e. The van der Waals surface area contributed by atoms with Crippen LogP contribution >= 0.6 is 15.9 Å². The van der Waals surface area contributed by atoms with Crippen LogP contribution in [0.4, 0.5) is 0 Å². The number of hydrogen-bond donors (Lipinski definition) is 1. The smallest absolute Gasteiger partial charge is 0.328 e. The maximum absolute atomic E-state index is 12.1. The predicted octanol–water partition coefficient (Wildman–Crippen LogP) is 2.91. The van der Waals surface area contributed by atoms with Crippen LogP contribution in [0.1, 0.15) is 18.9 Å². The molecule has 1 rings (SSSR count). The van der Waals surface area contributed by atoms with Gasteiger partial charge in [0.2, 0.25) is 0 Å². The molecule has 1 unspecified atom stereocenters. The van der Waals surface area contributed by atoms with E-state index in [4.69, 9.17) is 4.74 Å². The van der Waals surface area contributed by atoms with Gasteiger partial charge in [-0.25, -0.2) is 0 Å². The number of carbonyl (C=O) groups is 2. The Labute approximate surface area is 120 Å². The highest BCUT2D eigenvalue weighted by atomic mass is 79.9. The first-order valence-electron chi connectivity index (χ1n) is 5.76. The van der Waals surface area contributed by atoms with Crippen molar-refractivity contribution in [1.29, 1.82) is 0 Å². The van der Waals surface area contributed by atoms with E-state index < -0.39 is 17.4 Å². The minimum atomic E-state index is -1.74. The number of allylic oxidation sites excluding steroid dienone is 1. The second-order valence-corrected chi connectivity index (χ2v) is 4.85. The van der Waals surface area contributed by atoms with E-state index in [0.717, 1.165) is 4.47 Å². The first-order chi connectivity index (χ1) is 8.98. The van der Waals surface area contributed by atoms with Crippen LogP contribution in [-0.2, 0) is 19.7 Å². The summed E-state index contributed by atoms with van der Waals surface area (Å²) in [5.41, 5.74) is -1.36. The Hall–Kier alpha value is -1.62. The lowest BCUT2D eigenvalue weighted by Crippen LogP contribution is -2.44. The van der Waals surface area contributed by atoms with Crippen molar-refractivity contribution in [2.24, 2.45) is 0 Å². The number of carbonyl (C=O) groups excluding carboxylic acids is 1. The Morgan fingerprint density at radius 3 is 2.42 bits per heavy atom. The Balaban J connectivity index is 3.38. The fourth-order valence-electron chi connectivity index (χ4n) is 1.82. The van der Waals surface area contributed by atoms with Gasteiger partial charge < -0.3 is 9.84 Å². The number of carboxylic acids is 1. The molecule has 1 aromatic carbocycles. The molecule has 0 fully saturated rings. The van der Waals surface area contributed by atoms with Gasteiger partial charge in [-0.2, -0.15) is 0 Å². The zero-order chi connectivity index (χ0) is 14.5. The second kappa shape index (κ2) is 6.52.